The zero-order chi connectivity index (χ0) is 22.5. The molecule has 0 spiro atoms. The van der Waals surface area contributed by atoms with E-state index in [0.29, 0.717) is 5.56 Å². The Hall–Kier alpha value is -3.51. The number of ether oxygens (including phenoxy) is 1. The average Bonchev–Trinajstić information content (AvgIpc) is 3.27. The summed E-state index contributed by atoms with van der Waals surface area (Å²) >= 11 is 1.67. The molecule has 0 radical (unpaired) electrons. The number of carbonyl (C=O) groups excluding carboxylic acids is 1. The van der Waals surface area contributed by atoms with Crippen molar-refractivity contribution in [3.05, 3.63) is 82.7 Å². The predicted molar refractivity (Wildman–Crippen MR) is 132 cm³/mol. The maximum atomic E-state index is 13.0. The zero-order valence-electron chi connectivity index (χ0n) is 18.4. The van der Waals surface area contributed by atoms with E-state index in [2.05, 4.69) is 23.5 Å². The van der Waals surface area contributed by atoms with E-state index >= 15 is 0 Å². The van der Waals surface area contributed by atoms with Crippen molar-refractivity contribution in [3.8, 4) is 16.3 Å². The molecule has 0 saturated heterocycles. The topological polar surface area (TPSA) is 63.6 Å². The molecule has 4 rings (SSSR count). The molecule has 0 aliphatic heterocycles. The molecule has 0 saturated carbocycles. The van der Waals surface area contributed by atoms with Crippen molar-refractivity contribution >= 4 is 33.9 Å². The summed E-state index contributed by atoms with van der Waals surface area (Å²) in [7, 11) is 1.66. The Balaban J connectivity index is 1.51. The highest BCUT2D eigenvalue weighted by Crippen LogP contribution is 2.29. The van der Waals surface area contributed by atoms with Crippen LogP contribution in [-0.4, -0.2) is 23.7 Å². The number of benzene rings is 2. The summed E-state index contributed by atoms with van der Waals surface area (Å²) in [6.07, 6.45) is 1.60. The molecule has 0 atom stereocenters. The quantitative estimate of drug-likeness (QED) is 0.281. The smallest absolute Gasteiger partial charge is 0.272 e. The predicted octanol–water partition coefficient (Wildman–Crippen LogP) is 6.02. The lowest BCUT2D eigenvalue weighted by Gasteiger charge is -2.09. The van der Waals surface area contributed by atoms with Crippen molar-refractivity contribution in [2.24, 2.45) is 5.10 Å². The van der Waals surface area contributed by atoms with Crippen LogP contribution in [0.4, 0.5) is 0 Å². The molecule has 162 valence electrons. The summed E-state index contributed by atoms with van der Waals surface area (Å²) in [6, 6.07) is 21.6. The van der Waals surface area contributed by atoms with Crippen molar-refractivity contribution in [1.82, 2.24) is 10.4 Å². The molecular formula is C26H25N3O2S. The fourth-order valence-corrected chi connectivity index (χ4v) is 4.27. The SMILES string of the molecule is COc1ccc(CC/C(C)=N/NC(=O)c2cc(-c3ccc(C)s3)nc3ccccc23)cc1. The average molecular weight is 444 g/mol. The van der Waals surface area contributed by atoms with Crippen LogP contribution in [0, 0.1) is 6.92 Å². The van der Waals surface area contributed by atoms with Crippen LogP contribution in [-0.2, 0) is 6.42 Å². The molecule has 1 N–H and O–H groups in total. The first-order valence-electron chi connectivity index (χ1n) is 10.5. The fourth-order valence-electron chi connectivity index (χ4n) is 3.44. The molecule has 0 fully saturated rings. The maximum Gasteiger partial charge on any atom is 0.272 e. The van der Waals surface area contributed by atoms with Crippen LogP contribution in [0.15, 0.2) is 71.8 Å². The summed E-state index contributed by atoms with van der Waals surface area (Å²) in [6.45, 7) is 3.99. The number of aromatic nitrogens is 1. The monoisotopic (exact) mass is 443 g/mol. The van der Waals surface area contributed by atoms with E-state index in [0.717, 1.165) is 45.8 Å². The molecule has 1 amide bonds. The number of nitrogens with one attached hydrogen (secondary N) is 1. The highest BCUT2D eigenvalue weighted by Gasteiger charge is 2.14. The highest BCUT2D eigenvalue weighted by molar-refractivity contribution is 7.15. The van der Waals surface area contributed by atoms with Gasteiger partial charge < -0.3 is 4.74 Å². The van der Waals surface area contributed by atoms with Gasteiger partial charge >= 0.3 is 0 Å². The van der Waals surface area contributed by atoms with Gasteiger partial charge in [-0.15, -0.1) is 11.3 Å². The molecule has 4 aromatic rings. The summed E-state index contributed by atoms with van der Waals surface area (Å²) in [5, 5.41) is 5.15. The van der Waals surface area contributed by atoms with Crippen LogP contribution in [0.25, 0.3) is 21.5 Å². The van der Waals surface area contributed by atoms with Crippen LogP contribution >= 0.6 is 11.3 Å². The molecule has 32 heavy (non-hydrogen) atoms. The number of nitrogens with zero attached hydrogens (tertiary/aromatic N) is 2. The second-order valence-electron chi connectivity index (χ2n) is 7.62. The Kier molecular flexibility index (Phi) is 6.61. The van der Waals surface area contributed by atoms with Crippen LogP contribution in [0.2, 0.25) is 0 Å². The summed E-state index contributed by atoms with van der Waals surface area (Å²) in [5.41, 5.74) is 6.96. The van der Waals surface area contributed by atoms with Gasteiger partial charge in [0.25, 0.3) is 5.91 Å². The Bertz CT molecular complexity index is 1280. The second-order valence-corrected chi connectivity index (χ2v) is 8.91. The van der Waals surface area contributed by atoms with Crippen molar-refractivity contribution in [2.45, 2.75) is 26.7 Å². The standard InChI is InChI=1S/C26H25N3O2S/c1-17(8-10-19-11-13-20(31-3)14-12-19)28-29-26(30)22-16-24(25-15-9-18(2)32-25)27-23-7-5-4-6-21(22)23/h4-7,9,11-16H,8,10H2,1-3H3,(H,29,30)/b28-17+. The minimum absolute atomic E-state index is 0.234. The molecule has 0 aliphatic carbocycles. The largest absolute Gasteiger partial charge is 0.497 e. The number of pyridine rings is 1. The minimum atomic E-state index is -0.234. The van der Waals surface area contributed by atoms with Gasteiger partial charge in [-0.25, -0.2) is 10.4 Å². The Morgan fingerprint density at radius 1 is 1.09 bits per heavy atom. The lowest BCUT2D eigenvalue weighted by molar-refractivity contribution is 0.0956. The van der Waals surface area contributed by atoms with E-state index in [-0.39, 0.29) is 5.91 Å². The summed E-state index contributed by atoms with van der Waals surface area (Å²) in [4.78, 5) is 20.0. The normalized spacial score (nSPS) is 11.5. The number of hydrogen-bond acceptors (Lipinski definition) is 5. The van der Waals surface area contributed by atoms with E-state index in [1.165, 1.54) is 10.4 Å². The van der Waals surface area contributed by atoms with Gasteiger partial charge in [-0.3, -0.25) is 4.79 Å². The molecule has 0 bridgehead atoms. The van der Waals surface area contributed by atoms with E-state index in [1.54, 1.807) is 18.4 Å². The second kappa shape index (κ2) is 9.75. The zero-order valence-corrected chi connectivity index (χ0v) is 19.2. The number of para-hydroxylation sites is 1. The minimum Gasteiger partial charge on any atom is -0.497 e. The molecule has 2 aromatic heterocycles. The van der Waals surface area contributed by atoms with E-state index < -0.39 is 0 Å². The van der Waals surface area contributed by atoms with Gasteiger partial charge in [-0.2, -0.15) is 5.10 Å². The van der Waals surface area contributed by atoms with Crippen LogP contribution in [0.5, 0.6) is 5.75 Å². The van der Waals surface area contributed by atoms with Gasteiger partial charge in [0, 0.05) is 16.0 Å². The molecular weight excluding hydrogens is 418 g/mol. The number of hydrogen-bond donors (Lipinski definition) is 1. The van der Waals surface area contributed by atoms with Crippen LogP contribution in [0.3, 0.4) is 0 Å². The lowest BCUT2D eigenvalue weighted by Crippen LogP contribution is -2.20. The number of rotatable bonds is 7. The van der Waals surface area contributed by atoms with Crippen LogP contribution in [0.1, 0.15) is 34.1 Å². The number of amides is 1. The third kappa shape index (κ3) is 5.03. The first-order chi connectivity index (χ1) is 15.5. The molecule has 5 nitrogen and oxygen atoms in total. The first-order valence-corrected chi connectivity index (χ1v) is 11.3. The van der Waals surface area contributed by atoms with Crippen molar-refractivity contribution < 1.29 is 9.53 Å². The number of thiophene rings is 1. The highest BCUT2D eigenvalue weighted by atomic mass is 32.1. The molecule has 6 heteroatoms. The Morgan fingerprint density at radius 2 is 1.88 bits per heavy atom. The van der Waals surface area contributed by atoms with Gasteiger partial charge in [0.15, 0.2) is 0 Å². The first kappa shape index (κ1) is 21.7. The fraction of sp³-hybridized carbons (Fsp3) is 0.192. The third-order valence-electron chi connectivity index (χ3n) is 5.24. The van der Waals surface area contributed by atoms with E-state index in [4.69, 9.17) is 9.72 Å². The van der Waals surface area contributed by atoms with Crippen molar-refractivity contribution in [2.75, 3.05) is 7.11 Å². The van der Waals surface area contributed by atoms with Gasteiger partial charge in [0.05, 0.1) is 28.8 Å². The van der Waals surface area contributed by atoms with Gasteiger partial charge in [0.1, 0.15) is 5.75 Å². The number of hydrazone groups is 1. The lowest BCUT2D eigenvalue weighted by atomic mass is 10.1. The van der Waals surface area contributed by atoms with E-state index in [1.807, 2.05) is 67.6 Å². The maximum absolute atomic E-state index is 13.0. The molecule has 0 aliphatic rings. The van der Waals surface area contributed by atoms with Crippen molar-refractivity contribution in [1.29, 1.82) is 0 Å². The van der Waals surface area contributed by atoms with Crippen molar-refractivity contribution in [3.63, 3.8) is 0 Å². The number of carbonyl (C=O) groups is 1. The molecule has 2 aromatic carbocycles. The third-order valence-corrected chi connectivity index (χ3v) is 6.26. The number of methoxy groups -OCH3 is 1. The van der Waals surface area contributed by atoms with E-state index in [9.17, 15) is 4.79 Å². The van der Waals surface area contributed by atoms with Gasteiger partial charge in [0.2, 0.25) is 0 Å². The summed E-state index contributed by atoms with van der Waals surface area (Å²) < 4.78 is 5.19. The van der Waals surface area contributed by atoms with Gasteiger partial charge in [-0.05, 0) is 68.7 Å². The Labute approximate surface area is 191 Å². The van der Waals surface area contributed by atoms with Gasteiger partial charge in [-0.1, -0.05) is 30.3 Å². The molecule has 0 unspecified atom stereocenters. The number of fused-ring (bicyclic) bond motifs is 1. The Morgan fingerprint density at radius 3 is 2.59 bits per heavy atom. The van der Waals surface area contributed by atoms with Crippen LogP contribution < -0.4 is 10.2 Å². The number of aryl methyl sites for hydroxylation is 2. The molecule has 2 heterocycles. The summed E-state index contributed by atoms with van der Waals surface area (Å²) in [5.74, 6) is 0.606.